The van der Waals surface area contributed by atoms with E-state index in [9.17, 15) is 4.79 Å². The lowest BCUT2D eigenvalue weighted by atomic mass is 9.96. The van der Waals surface area contributed by atoms with Crippen molar-refractivity contribution >= 4 is 28.4 Å². The highest BCUT2D eigenvalue weighted by Crippen LogP contribution is 2.27. The van der Waals surface area contributed by atoms with Crippen molar-refractivity contribution in [2.45, 2.75) is 33.6 Å². The zero-order valence-corrected chi connectivity index (χ0v) is 17.9. The fraction of sp³-hybridized carbons (Fsp3) is 0.391. The van der Waals surface area contributed by atoms with E-state index < -0.39 is 0 Å². The molecule has 7 heteroatoms. The minimum absolute atomic E-state index is 0.0491. The van der Waals surface area contributed by atoms with Gasteiger partial charge < -0.3 is 15.0 Å². The predicted molar refractivity (Wildman–Crippen MR) is 118 cm³/mol. The number of nitrogens with one attached hydrogen (secondary N) is 1. The lowest BCUT2D eigenvalue weighted by Gasteiger charge is -2.33. The Morgan fingerprint density at radius 1 is 1.17 bits per heavy atom. The number of hydrogen-bond acceptors (Lipinski definition) is 6. The second-order valence-corrected chi connectivity index (χ2v) is 7.89. The van der Waals surface area contributed by atoms with E-state index in [0.717, 1.165) is 59.0 Å². The molecule has 1 N–H and O–H groups in total. The average Bonchev–Trinajstić information content (AvgIpc) is 2.75. The molecule has 1 saturated heterocycles. The van der Waals surface area contributed by atoms with Crippen molar-refractivity contribution in [3.05, 3.63) is 47.4 Å². The number of aromatic nitrogens is 3. The summed E-state index contributed by atoms with van der Waals surface area (Å²) in [6.45, 7) is 7.42. The van der Waals surface area contributed by atoms with Gasteiger partial charge in [-0.25, -0.2) is 15.0 Å². The van der Waals surface area contributed by atoms with Crippen LogP contribution in [0.5, 0.6) is 5.75 Å². The SMILES string of the molecule is COc1ccc(NC(=O)[C@@H]2CCCN(c3cnc4nc(C)c(C)nc4c3)C2)c(C)c1. The van der Waals surface area contributed by atoms with Crippen molar-refractivity contribution in [2.24, 2.45) is 5.92 Å². The lowest BCUT2D eigenvalue weighted by molar-refractivity contribution is -0.120. The molecule has 1 atom stereocenters. The molecule has 1 amide bonds. The molecule has 3 aromatic rings. The summed E-state index contributed by atoms with van der Waals surface area (Å²) in [5.74, 6) is 0.751. The van der Waals surface area contributed by atoms with Crippen LogP contribution in [-0.2, 0) is 4.79 Å². The number of hydrogen-bond donors (Lipinski definition) is 1. The summed E-state index contributed by atoms with van der Waals surface area (Å²) < 4.78 is 5.24. The van der Waals surface area contributed by atoms with E-state index in [1.54, 1.807) is 7.11 Å². The third-order valence-corrected chi connectivity index (χ3v) is 5.77. The smallest absolute Gasteiger partial charge is 0.229 e. The van der Waals surface area contributed by atoms with Crippen LogP contribution in [0.3, 0.4) is 0 Å². The third-order valence-electron chi connectivity index (χ3n) is 5.77. The number of methoxy groups -OCH3 is 1. The molecule has 30 heavy (non-hydrogen) atoms. The van der Waals surface area contributed by atoms with Crippen molar-refractivity contribution in [3.8, 4) is 5.75 Å². The number of carbonyl (C=O) groups excluding carboxylic acids is 1. The van der Waals surface area contributed by atoms with Crippen LogP contribution in [0.1, 0.15) is 29.8 Å². The molecular formula is C23H27N5O2. The first-order chi connectivity index (χ1) is 14.4. The summed E-state index contributed by atoms with van der Waals surface area (Å²) in [5.41, 5.74) is 6.04. The molecule has 156 valence electrons. The van der Waals surface area contributed by atoms with E-state index in [-0.39, 0.29) is 11.8 Å². The standard InChI is InChI=1S/C23H27N5O2/c1-14-10-19(30-4)7-8-20(14)27-23(29)17-6-5-9-28(13-17)18-11-21-22(24-12-18)26-16(3)15(2)25-21/h7-8,10-12,17H,5-6,9,13H2,1-4H3,(H,27,29)/t17-/m1/s1. The van der Waals surface area contributed by atoms with Gasteiger partial charge in [0.15, 0.2) is 5.65 Å². The van der Waals surface area contributed by atoms with Gasteiger partial charge in [0.1, 0.15) is 11.3 Å². The van der Waals surface area contributed by atoms with Crippen LogP contribution in [0.15, 0.2) is 30.5 Å². The average molecular weight is 406 g/mol. The number of aryl methyl sites for hydroxylation is 3. The lowest BCUT2D eigenvalue weighted by Crippen LogP contribution is -2.40. The van der Waals surface area contributed by atoms with Gasteiger partial charge in [0.25, 0.3) is 0 Å². The number of anilines is 2. The van der Waals surface area contributed by atoms with Crippen LogP contribution in [-0.4, -0.2) is 41.1 Å². The first-order valence-corrected chi connectivity index (χ1v) is 10.3. The molecule has 0 saturated carbocycles. The maximum atomic E-state index is 12.9. The monoisotopic (exact) mass is 405 g/mol. The Morgan fingerprint density at radius 3 is 2.73 bits per heavy atom. The van der Waals surface area contributed by atoms with Gasteiger partial charge in [-0.3, -0.25) is 4.79 Å². The van der Waals surface area contributed by atoms with Crippen LogP contribution < -0.4 is 15.0 Å². The second-order valence-electron chi connectivity index (χ2n) is 7.89. The van der Waals surface area contributed by atoms with E-state index in [2.05, 4.69) is 25.2 Å². The van der Waals surface area contributed by atoms with Crippen LogP contribution in [0.25, 0.3) is 11.2 Å². The Labute approximate surface area is 176 Å². The third kappa shape index (κ3) is 4.06. The van der Waals surface area contributed by atoms with E-state index in [1.807, 2.05) is 51.2 Å². The predicted octanol–water partition coefficient (Wildman–Crippen LogP) is 3.81. The van der Waals surface area contributed by atoms with Crippen LogP contribution in [0.2, 0.25) is 0 Å². The number of fused-ring (bicyclic) bond motifs is 1. The van der Waals surface area contributed by atoms with Gasteiger partial charge in [-0.05, 0) is 63.4 Å². The number of benzene rings is 1. The summed E-state index contributed by atoms with van der Waals surface area (Å²) in [5, 5.41) is 3.09. The minimum Gasteiger partial charge on any atom is -0.497 e. The molecule has 1 aliphatic heterocycles. The summed E-state index contributed by atoms with van der Waals surface area (Å²) in [7, 11) is 1.64. The molecule has 0 bridgehead atoms. The summed E-state index contributed by atoms with van der Waals surface area (Å²) in [6.07, 6.45) is 3.66. The van der Waals surface area contributed by atoms with E-state index in [0.29, 0.717) is 12.2 Å². The number of rotatable bonds is 4. The first-order valence-electron chi connectivity index (χ1n) is 10.3. The molecule has 0 unspecified atom stereocenters. The van der Waals surface area contributed by atoms with Crippen molar-refractivity contribution in [2.75, 3.05) is 30.4 Å². The largest absolute Gasteiger partial charge is 0.497 e. The molecule has 1 fully saturated rings. The molecule has 3 heterocycles. The molecular weight excluding hydrogens is 378 g/mol. The topological polar surface area (TPSA) is 80.2 Å². The fourth-order valence-corrected chi connectivity index (χ4v) is 3.84. The number of carbonyl (C=O) groups is 1. The zero-order chi connectivity index (χ0) is 21.3. The van der Waals surface area contributed by atoms with Crippen molar-refractivity contribution in [1.29, 1.82) is 0 Å². The molecule has 1 aromatic carbocycles. The van der Waals surface area contributed by atoms with Crippen LogP contribution >= 0.6 is 0 Å². The Morgan fingerprint density at radius 2 is 1.97 bits per heavy atom. The van der Waals surface area contributed by atoms with E-state index in [1.165, 1.54) is 0 Å². The quantitative estimate of drug-likeness (QED) is 0.711. The van der Waals surface area contributed by atoms with Gasteiger partial charge in [-0.1, -0.05) is 0 Å². The second kappa shape index (κ2) is 8.26. The highest BCUT2D eigenvalue weighted by atomic mass is 16.5. The minimum atomic E-state index is -0.0817. The Bertz CT molecular complexity index is 1100. The highest BCUT2D eigenvalue weighted by Gasteiger charge is 2.27. The van der Waals surface area contributed by atoms with Crippen LogP contribution in [0, 0.1) is 26.7 Å². The Balaban J connectivity index is 1.49. The summed E-state index contributed by atoms with van der Waals surface area (Å²) in [4.78, 5) is 28.8. The molecule has 7 nitrogen and oxygen atoms in total. The molecule has 0 radical (unpaired) electrons. The normalized spacial score (nSPS) is 16.5. The number of pyridine rings is 1. The van der Waals surface area contributed by atoms with Gasteiger partial charge in [-0.2, -0.15) is 0 Å². The van der Waals surface area contributed by atoms with Gasteiger partial charge in [0.2, 0.25) is 5.91 Å². The summed E-state index contributed by atoms with van der Waals surface area (Å²) >= 11 is 0. The molecule has 2 aromatic heterocycles. The van der Waals surface area contributed by atoms with Gasteiger partial charge in [-0.15, -0.1) is 0 Å². The molecule has 0 aliphatic carbocycles. The van der Waals surface area contributed by atoms with Gasteiger partial charge >= 0.3 is 0 Å². The fourth-order valence-electron chi connectivity index (χ4n) is 3.84. The number of nitrogens with zero attached hydrogens (tertiary/aromatic N) is 4. The molecule has 1 aliphatic rings. The number of ether oxygens (including phenoxy) is 1. The van der Waals surface area contributed by atoms with Crippen molar-refractivity contribution in [1.82, 2.24) is 15.0 Å². The Kier molecular flexibility index (Phi) is 5.53. The van der Waals surface area contributed by atoms with E-state index in [4.69, 9.17) is 4.74 Å². The maximum absolute atomic E-state index is 12.9. The summed E-state index contributed by atoms with van der Waals surface area (Å²) in [6, 6.07) is 7.70. The Hall–Kier alpha value is -3.22. The maximum Gasteiger partial charge on any atom is 0.229 e. The van der Waals surface area contributed by atoms with E-state index >= 15 is 0 Å². The molecule has 0 spiro atoms. The number of amides is 1. The zero-order valence-electron chi connectivity index (χ0n) is 17.9. The molecule has 4 rings (SSSR count). The number of piperidine rings is 1. The first kappa shape index (κ1) is 20.1. The van der Waals surface area contributed by atoms with Crippen molar-refractivity contribution < 1.29 is 9.53 Å². The van der Waals surface area contributed by atoms with Gasteiger partial charge in [0, 0.05) is 18.8 Å². The van der Waals surface area contributed by atoms with Crippen LogP contribution in [0.4, 0.5) is 11.4 Å². The van der Waals surface area contributed by atoms with Gasteiger partial charge in [0.05, 0.1) is 36.3 Å². The highest BCUT2D eigenvalue weighted by molar-refractivity contribution is 5.94. The van der Waals surface area contributed by atoms with Crippen molar-refractivity contribution in [3.63, 3.8) is 0 Å².